The van der Waals surface area contributed by atoms with Crippen LogP contribution in [0.2, 0.25) is 0 Å². The maximum atomic E-state index is 11.3. The van der Waals surface area contributed by atoms with Crippen molar-refractivity contribution in [1.29, 1.82) is 0 Å². The van der Waals surface area contributed by atoms with Gasteiger partial charge in [0.25, 0.3) is 0 Å². The van der Waals surface area contributed by atoms with Crippen LogP contribution in [0.15, 0.2) is 24.3 Å². The first-order valence-corrected chi connectivity index (χ1v) is 6.48. The number of carbonyl (C=O) groups excluding carboxylic acids is 1. The van der Waals surface area contributed by atoms with E-state index in [-0.39, 0.29) is 6.03 Å². The van der Waals surface area contributed by atoms with E-state index in [2.05, 4.69) is 10.6 Å². The highest BCUT2D eigenvalue weighted by atomic mass is 16.5. The molecule has 106 valence electrons. The van der Waals surface area contributed by atoms with Gasteiger partial charge in [0.1, 0.15) is 12.4 Å². The number of amides is 2. The topological polar surface area (TPSA) is 70.6 Å². The molecule has 1 rings (SSSR count). The third kappa shape index (κ3) is 6.67. The summed E-state index contributed by atoms with van der Waals surface area (Å²) in [7, 11) is 0. The SMILES string of the molecule is Cc1ccccc1OCCNC(=O)NCCC(C)O. The molecule has 1 aromatic rings. The van der Waals surface area contributed by atoms with E-state index >= 15 is 0 Å². The summed E-state index contributed by atoms with van der Waals surface area (Å²) in [5.74, 6) is 0.832. The number of para-hydroxylation sites is 1. The first-order valence-electron chi connectivity index (χ1n) is 6.48. The molecular weight excluding hydrogens is 244 g/mol. The Balaban J connectivity index is 2.10. The predicted molar refractivity (Wildman–Crippen MR) is 74.4 cm³/mol. The number of aliphatic hydroxyl groups excluding tert-OH is 1. The van der Waals surface area contributed by atoms with E-state index in [0.29, 0.717) is 26.1 Å². The molecule has 0 saturated carbocycles. The fraction of sp³-hybridized carbons (Fsp3) is 0.500. The van der Waals surface area contributed by atoms with Crippen LogP contribution in [-0.4, -0.2) is 36.9 Å². The first-order chi connectivity index (χ1) is 9.09. The number of urea groups is 1. The van der Waals surface area contributed by atoms with Gasteiger partial charge < -0.3 is 20.5 Å². The molecule has 0 spiro atoms. The van der Waals surface area contributed by atoms with Gasteiger partial charge in [0, 0.05) is 6.54 Å². The smallest absolute Gasteiger partial charge is 0.314 e. The van der Waals surface area contributed by atoms with Gasteiger partial charge in [0.05, 0.1) is 12.6 Å². The fourth-order valence-electron chi connectivity index (χ4n) is 1.50. The summed E-state index contributed by atoms with van der Waals surface area (Å²) in [5.41, 5.74) is 1.07. The van der Waals surface area contributed by atoms with Gasteiger partial charge in [0.15, 0.2) is 0 Å². The number of aryl methyl sites for hydroxylation is 1. The molecule has 0 aliphatic carbocycles. The Morgan fingerprint density at radius 2 is 2.00 bits per heavy atom. The quantitative estimate of drug-likeness (QED) is 0.654. The zero-order chi connectivity index (χ0) is 14.1. The van der Waals surface area contributed by atoms with Crippen molar-refractivity contribution in [3.8, 4) is 5.75 Å². The first kappa shape index (κ1) is 15.3. The Morgan fingerprint density at radius 1 is 1.32 bits per heavy atom. The van der Waals surface area contributed by atoms with Crippen LogP contribution in [0.1, 0.15) is 18.9 Å². The summed E-state index contributed by atoms with van der Waals surface area (Å²) >= 11 is 0. The maximum Gasteiger partial charge on any atom is 0.314 e. The number of ether oxygens (including phenoxy) is 1. The van der Waals surface area contributed by atoms with Crippen LogP contribution in [0.25, 0.3) is 0 Å². The molecule has 1 unspecified atom stereocenters. The zero-order valence-corrected chi connectivity index (χ0v) is 11.5. The molecule has 0 aromatic heterocycles. The number of hydrogen-bond donors (Lipinski definition) is 3. The molecule has 2 amide bonds. The molecule has 1 atom stereocenters. The molecule has 0 fully saturated rings. The summed E-state index contributed by atoms with van der Waals surface area (Å²) in [6.07, 6.45) is 0.150. The molecule has 19 heavy (non-hydrogen) atoms. The van der Waals surface area contributed by atoms with E-state index in [1.54, 1.807) is 6.92 Å². The molecule has 3 N–H and O–H groups in total. The maximum absolute atomic E-state index is 11.3. The second-order valence-corrected chi connectivity index (χ2v) is 4.43. The largest absolute Gasteiger partial charge is 0.491 e. The van der Waals surface area contributed by atoms with Crippen LogP contribution in [0.5, 0.6) is 5.75 Å². The van der Waals surface area contributed by atoms with Gasteiger partial charge in [0.2, 0.25) is 0 Å². The summed E-state index contributed by atoms with van der Waals surface area (Å²) in [5, 5.41) is 14.4. The second-order valence-electron chi connectivity index (χ2n) is 4.43. The Labute approximate surface area is 114 Å². The van der Waals surface area contributed by atoms with Crippen molar-refractivity contribution in [2.45, 2.75) is 26.4 Å². The van der Waals surface area contributed by atoms with Gasteiger partial charge in [-0.2, -0.15) is 0 Å². The molecule has 5 nitrogen and oxygen atoms in total. The highest BCUT2D eigenvalue weighted by Gasteiger charge is 2.01. The van der Waals surface area contributed by atoms with Crippen molar-refractivity contribution in [3.05, 3.63) is 29.8 Å². The average molecular weight is 266 g/mol. The summed E-state index contributed by atoms with van der Waals surface area (Å²) < 4.78 is 5.55. The molecule has 0 bridgehead atoms. The van der Waals surface area contributed by atoms with Crippen molar-refractivity contribution >= 4 is 6.03 Å². The van der Waals surface area contributed by atoms with E-state index in [9.17, 15) is 4.79 Å². The molecule has 0 saturated heterocycles. The van der Waals surface area contributed by atoms with Crippen LogP contribution in [0.3, 0.4) is 0 Å². The Hall–Kier alpha value is -1.75. The van der Waals surface area contributed by atoms with E-state index < -0.39 is 6.10 Å². The van der Waals surface area contributed by atoms with Crippen LogP contribution in [0, 0.1) is 6.92 Å². The monoisotopic (exact) mass is 266 g/mol. The Morgan fingerprint density at radius 3 is 2.68 bits per heavy atom. The van der Waals surface area contributed by atoms with Crippen LogP contribution in [0.4, 0.5) is 4.79 Å². The summed E-state index contributed by atoms with van der Waals surface area (Å²) in [4.78, 5) is 11.3. The fourth-order valence-corrected chi connectivity index (χ4v) is 1.50. The van der Waals surface area contributed by atoms with Crippen molar-refractivity contribution in [2.24, 2.45) is 0 Å². The molecule has 0 aliphatic heterocycles. The van der Waals surface area contributed by atoms with Crippen LogP contribution in [-0.2, 0) is 0 Å². The Kier molecular flexibility index (Phi) is 6.74. The van der Waals surface area contributed by atoms with Gasteiger partial charge in [-0.3, -0.25) is 0 Å². The van der Waals surface area contributed by atoms with Crippen molar-refractivity contribution < 1.29 is 14.6 Å². The van der Waals surface area contributed by atoms with Crippen molar-refractivity contribution in [3.63, 3.8) is 0 Å². The van der Waals surface area contributed by atoms with Gasteiger partial charge in [-0.05, 0) is 31.9 Å². The zero-order valence-electron chi connectivity index (χ0n) is 11.5. The average Bonchev–Trinajstić information content (AvgIpc) is 2.36. The third-order valence-corrected chi connectivity index (χ3v) is 2.59. The van der Waals surface area contributed by atoms with Gasteiger partial charge >= 0.3 is 6.03 Å². The van der Waals surface area contributed by atoms with Gasteiger partial charge in [-0.1, -0.05) is 18.2 Å². The molecule has 5 heteroatoms. The number of rotatable bonds is 7. The molecule has 0 heterocycles. The molecular formula is C14H22N2O3. The minimum Gasteiger partial charge on any atom is -0.491 e. The van der Waals surface area contributed by atoms with Crippen molar-refractivity contribution in [1.82, 2.24) is 10.6 Å². The number of benzene rings is 1. The molecule has 0 radical (unpaired) electrons. The number of hydrogen-bond acceptors (Lipinski definition) is 3. The summed E-state index contributed by atoms with van der Waals surface area (Å²) in [6.45, 7) is 4.99. The number of aliphatic hydroxyl groups is 1. The van der Waals surface area contributed by atoms with E-state index in [4.69, 9.17) is 9.84 Å². The highest BCUT2D eigenvalue weighted by Crippen LogP contribution is 2.15. The summed E-state index contributed by atoms with van der Waals surface area (Å²) in [6, 6.07) is 7.51. The highest BCUT2D eigenvalue weighted by molar-refractivity contribution is 5.73. The lowest BCUT2D eigenvalue weighted by molar-refractivity contribution is 0.183. The van der Waals surface area contributed by atoms with Gasteiger partial charge in [-0.15, -0.1) is 0 Å². The van der Waals surface area contributed by atoms with Gasteiger partial charge in [-0.25, -0.2) is 4.79 Å². The number of carbonyl (C=O) groups is 1. The van der Waals surface area contributed by atoms with Crippen LogP contribution >= 0.6 is 0 Å². The van der Waals surface area contributed by atoms with Crippen molar-refractivity contribution in [2.75, 3.05) is 19.7 Å². The predicted octanol–water partition coefficient (Wildman–Crippen LogP) is 1.44. The lowest BCUT2D eigenvalue weighted by atomic mass is 10.2. The molecule has 0 aliphatic rings. The van der Waals surface area contributed by atoms with E-state index in [1.807, 2.05) is 31.2 Å². The number of nitrogens with one attached hydrogen (secondary N) is 2. The normalized spacial score (nSPS) is 11.7. The third-order valence-electron chi connectivity index (χ3n) is 2.59. The second kappa shape index (κ2) is 8.37. The Bertz CT molecular complexity index is 394. The standard InChI is InChI=1S/C14H22N2O3/c1-11-5-3-4-6-13(11)19-10-9-16-14(18)15-8-7-12(2)17/h3-6,12,17H,7-10H2,1-2H3,(H2,15,16,18). The van der Waals surface area contributed by atoms with E-state index in [1.165, 1.54) is 0 Å². The lowest BCUT2D eigenvalue weighted by Crippen LogP contribution is -2.38. The minimum absolute atomic E-state index is 0.242. The lowest BCUT2D eigenvalue weighted by Gasteiger charge is -2.10. The van der Waals surface area contributed by atoms with Crippen LogP contribution < -0.4 is 15.4 Å². The molecule has 1 aromatic carbocycles. The van der Waals surface area contributed by atoms with E-state index in [0.717, 1.165) is 11.3 Å². The minimum atomic E-state index is -0.398.